The molecule has 0 aromatic heterocycles. The molecule has 2 nitrogen and oxygen atoms in total. The first-order valence-electron chi connectivity index (χ1n) is 10.6. The molecule has 4 aliphatic rings. The molecule has 0 bridgehead atoms. The monoisotopic (exact) mass is 420 g/mol. The fourth-order valence-electron chi connectivity index (χ4n) is 7.67. The van der Waals surface area contributed by atoms with Crippen molar-refractivity contribution >= 4 is 5.78 Å². The Hall–Kier alpha value is -0.980. The molecule has 3 saturated carbocycles. The predicted molar refractivity (Wildman–Crippen MR) is 97.2 cm³/mol. The van der Waals surface area contributed by atoms with Gasteiger partial charge in [-0.2, -0.15) is 22.0 Å². The summed E-state index contributed by atoms with van der Waals surface area (Å²) < 4.78 is 68.8. The first-order valence-corrected chi connectivity index (χ1v) is 10.6. The van der Waals surface area contributed by atoms with Crippen molar-refractivity contribution in [3.8, 4) is 0 Å². The Kier molecular flexibility index (Phi) is 4.43. The summed E-state index contributed by atoms with van der Waals surface area (Å²) in [6.45, 7) is 5.59. The molecule has 7 heteroatoms. The molecule has 7 atom stereocenters. The fourth-order valence-corrected chi connectivity index (χ4v) is 7.67. The number of carbonyl (C=O) groups excluding carboxylic acids is 1. The average molecular weight is 420 g/mol. The van der Waals surface area contributed by atoms with E-state index in [9.17, 15) is 31.9 Å². The van der Waals surface area contributed by atoms with Crippen LogP contribution in [0.4, 0.5) is 22.0 Å². The van der Waals surface area contributed by atoms with Crippen molar-refractivity contribution in [2.24, 2.45) is 34.5 Å². The summed E-state index contributed by atoms with van der Waals surface area (Å²) in [6.07, 6.45) is -1.91. The Bertz CT molecular complexity index is 759. The number of aliphatic hydroxyl groups is 1. The fraction of sp³-hybridized carbons (Fsp3) is 0.864. The minimum absolute atomic E-state index is 0.0258. The Morgan fingerprint density at radius 1 is 1.03 bits per heavy atom. The Morgan fingerprint density at radius 2 is 1.66 bits per heavy atom. The zero-order valence-electron chi connectivity index (χ0n) is 17.1. The van der Waals surface area contributed by atoms with Gasteiger partial charge in [0.15, 0.2) is 5.78 Å². The van der Waals surface area contributed by atoms with Gasteiger partial charge < -0.3 is 5.11 Å². The van der Waals surface area contributed by atoms with Crippen LogP contribution in [-0.2, 0) is 4.79 Å². The van der Waals surface area contributed by atoms with E-state index >= 15 is 0 Å². The third-order valence-corrected chi connectivity index (χ3v) is 9.34. The second-order valence-electron chi connectivity index (χ2n) is 10.5. The van der Waals surface area contributed by atoms with E-state index in [0.29, 0.717) is 25.7 Å². The lowest BCUT2D eigenvalue weighted by Crippen LogP contribution is -2.66. The van der Waals surface area contributed by atoms with Crippen LogP contribution in [0.3, 0.4) is 0 Å². The summed E-state index contributed by atoms with van der Waals surface area (Å²) in [7, 11) is 0. The topological polar surface area (TPSA) is 37.3 Å². The lowest BCUT2D eigenvalue weighted by Gasteiger charge is -2.61. The van der Waals surface area contributed by atoms with Crippen LogP contribution in [-0.4, -0.2) is 28.6 Å². The van der Waals surface area contributed by atoms with Crippen LogP contribution in [0.25, 0.3) is 0 Å². The van der Waals surface area contributed by atoms with Gasteiger partial charge >= 0.3 is 12.1 Å². The normalized spacial score (nSPS) is 47.9. The van der Waals surface area contributed by atoms with E-state index in [2.05, 4.69) is 6.92 Å². The van der Waals surface area contributed by atoms with Crippen LogP contribution in [0.2, 0.25) is 0 Å². The van der Waals surface area contributed by atoms with Gasteiger partial charge in [-0.15, -0.1) is 0 Å². The van der Waals surface area contributed by atoms with Gasteiger partial charge in [0.25, 0.3) is 0 Å². The number of ketones is 1. The Morgan fingerprint density at radius 3 is 2.28 bits per heavy atom. The third kappa shape index (κ3) is 2.51. The highest BCUT2D eigenvalue weighted by Crippen LogP contribution is 2.71. The molecule has 1 N–H and O–H groups in total. The summed E-state index contributed by atoms with van der Waals surface area (Å²) in [6, 6.07) is 0. The van der Waals surface area contributed by atoms with Crippen LogP contribution in [0.15, 0.2) is 11.6 Å². The summed E-state index contributed by atoms with van der Waals surface area (Å²) >= 11 is 0. The van der Waals surface area contributed by atoms with Gasteiger partial charge in [-0.25, -0.2) is 0 Å². The van der Waals surface area contributed by atoms with E-state index in [0.717, 1.165) is 5.57 Å². The molecule has 0 amide bonds. The molecule has 0 spiro atoms. The number of alkyl halides is 5. The Labute approximate surface area is 167 Å². The summed E-state index contributed by atoms with van der Waals surface area (Å²) in [5, 5.41) is 10.9. The van der Waals surface area contributed by atoms with E-state index in [-0.39, 0.29) is 47.7 Å². The first-order chi connectivity index (χ1) is 13.2. The van der Waals surface area contributed by atoms with Crippen molar-refractivity contribution in [3.63, 3.8) is 0 Å². The highest BCUT2D eigenvalue weighted by Gasteiger charge is 2.79. The maximum Gasteiger partial charge on any atom is 0.456 e. The number of allylic oxidation sites excluding steroid dienone is 1. The number of hydrogen-bond acceptors (Lipinski definition) is 2. The molecule has 164 valence electrons. The molecule has 3 fully saturated rings. The van der Waals surface area contributed by atoms with Crippen molar-refractivity contribution in [1.29, 1.82) is 0 Å². The molecular weight excluding hydrogens is 391 g/mol. The second kappa shape index (κ2) is 6.04. The zero-order chi connectivity index (χ0) is 21.6. The van der Waals surface area contributed by atoms with E-state index in [1.54, 1.807) is 6.08 Å². The molecule has 3 unspecified atom stereocenters. The summed E-state index contributed by atoms with van der Waals surface area (Å²) in [4.78, 5) is 12.0. The minimum Gasteiger partial charge on any atom is -0.383 e. The molecule has 0 radical (unpaired) electrons. The van der Waals surface area contributed by atoms with Gasteiger partial charge in [-0.05, 0) is 73.7 Å². The van der Waals surface area contributed by atoms with Crippen LogP contribution in [0.5, 0.6) is 0 Å². The van der Waals surface area contributed by atoms with Crippen molar-refractivity contribution in [2.75, 3.05) is 0 Å². The van der Waals surface area contributed by atoms with E-state index in [1.165, 1.54) is 6.92 Å². The number of fused-ring (bicyclic) bond motifs is 5. The predicted octanol–water partition coefficient (Wildman–Crippen LogP) is 5.69. The van der Waals surface area contributed by atoms with Gasteiger partial charge in [0.05, 0.1) is 0 Å². The van der Waals surface area contributed by atoms with Crippen LogP contribution >= 0.6 is 0 Å². The zero-order valence-corrected chi connectivity index (χ0v) is 17.1. The molecule has 29 heavy (non-hydrogen) atoms. The maximum absolute atomic E-state index is 14.5. The number of rotatable bonds is 1. The summed E-state index contributed by atoms with van der Waals surface area (Å²) in [5.74, 6) is -5.21. The first kappa shape index (κ1) is 21.3. The van der Waals surface area contributed by atoms with Crippen molar-refractivity contribution in [1.82, 2.24) is 0 Å². The molecule has 0 aromatic carbocycles. The van der Waals surface area contributed by atoms with Gasteiger partial charge in [-0.3, -0.25) is 4.79 Å². The molecule has 0 aromatic rings. The van der Waals surface area contributed by atoms with Crippen molar-refractivity contribution < 1.29 is 31.9 Å². The van der Waals surface area contributed by atoms with Crippen molar-refractivity contribution in [2.45, 2.75) is 83.4 Å². The lowest BCUT2D eigenvalue weighted by atomic mass is 9.44. The molecular formula is C22H29F5O2. The smallest absolute Gasteiger partial charge is 0.383 e. The highest BCUT2D eigenvalue weighted by molar-refractivity contribution is 5.91. The van der Waals surface area contributed by atoms with Crippen LogP contribution in [0, 0.1) is 34.5 Å². The Balaban J connectivity index is 1.74. The standard InChI is InChI=1S/C22H29F5O2/c1-12-10-13-11-14(28)4-7-18(13,2)15-5-8-19(3)16(17(12)15)6-9-20(19,29)21(23,24)22(25,26)27/h11-12,15-17,29H,4-10H2,1-3H3/t12-,15?,16?,17?,18-,19-,20-/m0/s1. The quantitative estimate of drug-likeness (QED) is 0.553. The lowest BCUT2D eigenvalue weighted by molar-refractivity contribution is -0.364. The minimum atomic E-state index is -5.78. The number of halogens is 5. The molecule has 0 saturated heterocycles. The number of hydrogen-bond donors (Lipinski definition) is 1. The number of carbonyl (C=O) groups is 1. The van der Waals surface area contributed by atoms with E-state index in [4.69, 9.17) is 0 Å². The van der Waals surface area contributed by atoms with Crippen LogP contribution < -0.4 is 0 Å². The second-order valence-corrected chi connectivity index (χ2v) is 10.5. The van der Waals surface area contributed by atoms with Gasteiger partial charge in [0, 0.05) is 11.8 Å². The van der Waals surface area contributed by atoms with Gasteiger partial charge in [0.2, 0.25) is 0 Å². The molecule has 4 rings (SSSR count). The van der Waals surface area contributed by atoms with Crippen molar-refractivity contribution in [3.05, 3.63) is 11.6 Å². The van der Waals surface area contributed by atoms with Gasteiger partial charge in [-0.1, -0.05) is 26.3 Å². The maximum atomic E-state index is 14.5. The van der Waals surface area contributed by atoms with E-state index in [1.807, 2.05) is 6.92 Å². The van der Waals surface area contributed by atoms with Crippen LogP contribution in [0.1, 0.15) is 65.7 Å². The third-order valence-electron chi connectivity index (χ3n) is 9.34. The molecule has 0 heterocycles. The SMILES string of the molecule is C[C@H]1CC2=CC(=O)CC[C@]2(C)C2CC[C@@]3(C)C(CC[C@@]3(O)C(F)(F)C(F)(F)F)C21. The van der Waals surface area contributed by atoms with Gasteiger partial charge in [0.1, 0.15) is 5.60 Å². The molecule has 0 aliphatic heterocycles. The van der Waals surface area contributed by atoms with E-state index < -0.39 is 29.5 Å². The highest BCUT2D eigenvalue weighted by atomic mass is 19.4. The largest absolute Gasteiger partial charge is 0.456 e. The summed E-state index contributed by atoms with van der Waals surface area (Å²) in [5.41, 5.74) is -3.66. The average Bonchev–Trinajstić information content (AvgIpc) is 2.88. The molecule has 4 aliphatic carbocycles.